The van der Waals surface area contributed by atoms with Gasteiger partial charge < -0.3 is 15.1 Å². The Kier molecular flexibility index (Phi) is 4.15. The molecule has 0 spiro atoms. The van der Waals surface area contributed by atoms with Crippen LogP contribution in [0.3, 0.4) is 0 Å². The molecule has 2 aliphatic rings. The zero-order chi connectivity index (χ0) is 14.8. The van der Waals surface area contributed by atoms with Crippen molar-refractivity contribution >= 4 is 11.6 Å². The van der Waals surface area contributed by atoms with Gasteiger partial charge in [-0.1, -0.05) is 25.1 Å². The van der Waals surface area contributed by atoms with Crippen LogP contribution < -0.4 is 5.32 Å². The maximum atomic E-state index is 12.7. The van der Waals surface area contributed by atoms with Crippen molar-refractivity contribution in [1.29, 1.82) is 0 Å². The molecule has 0 radical (unpaired) electrons. The van der Waals surface area contributed by atoms with E-state index in [1.807, 2.05) is 24.1 Å². The second kappa shape index (κ2) is 6.06. The van der Waals surface area contributed by atoms with Crippen LogP contribution in [0.4, 0.5) is 5.69 Å². The lowest BCUT2D eigenvalue weighted by molar-refractivity contribution is -0.133. The molecule has 21 heavy (non-hydrogen) atoms. The number of hydrogen-bond acceptors (Lipinski definition) is 3. The smallest absolute Gasteiger partial charge is 0.245 e. The molecule has 1 atom stereocenters. The number of nitrogens with zero attached hydrogens (tertiary/aromatic N) is 2. The summed E-state index contributed by atoms with van der Waals surface area (Å²) in [5.74, 6) is 0.237. The number of rotatable bonds is 3. The average molecular weight is 287 g/mol. The maximum absolute atomic E-state index is 12.7. The molecule has 2 aliphatic heterocycles. The summed E-state index contributed by atoms with van der Waals surface area (Å²) >= 11 is 0. The number of fused-ring (bicyclic) bond motifs is 1. The number of anilines is 1. The van der Waals surface area contributed by atoms with Crippen molar-refractivity contribution in [1.82, 2.24) is 9.80 Å². The molecule has 1 N–H and O–H groups in total. The third kappa shape index (κ3) is 2.91. The van der Waals surface area contributed by atoms with E-state index in [0.29, 0.717) is 6.04 Å². The van der Waals surface area contributed by atoms with Gasteiger partial charge in [-0.25, -0.2) is 0 Å². The van der Waals surface area contributed by atoms with E-state index in [9.17, 15) is 4.79 Å². The van der Waals surface area contributed by atoms with E-state index in [1.165, 1.54) is 5.56 Å². The Balaban J connectivity index is 1.59. The number of benzene rings is 1. The number of carbonyl (C=O) groups excluding carboxylic acids is 1. The highest BCUT2D eigenvalue weighted by atomic mass is 16.2. The van der Waals surface area contributed by atoms with Crippen LogP contribution in [-0.4, -0.2) is 54.5 Å². The first-order valence-corrected chi connectivity index (χ1v) is 8.02. The summed E-state index contributed by atoms with van der Waals surface area (Å²) in [7, 11) is 1.97. The average Bonchev–Trinajstić information content (AvgIpc) is 2.97. The number of hydrogen-bond donors (Lipinski definition) is 1. The molecular formula is C17H25N3O. The summed E-state index contributed by atoms with van der Waals surface area (Å²) in [6, 6.07) is 8.53. The molecule has 1 saturated heterocycles. The molecular weight excluding hydrogens is 262 g/mol. The van der Waals surface area contributed by atoms with Gasteiger partial charge in [0.1, 0.15) is 6.04 Å². The fourth-order valence-corrected chi connectivity index (χ4v) is 3.50. The lowest BCUT2D eigenvalue weighted by Gasteiger charge is -2.37. The minimum absolute atomic E-state index is 0.0865. The third-order valence-electron chi connectivity index (χ3n) is 4.97. The van der Waals surface area contributed by atoms with Gasteiger partial charge >= 0.3 is 0 Å². The topological polar surface area (TPSA) is 35.6 Å². The van der Waals surface area contributed by atoms with Crippen LogP contribution in [0.25, 0.3) is 0 Å². The van der Waals surface area contributed by atoms with E-state index in [2.05, 4.69) is 29.3 Å². The third-order valence-corrected chi connectivity index (χ3v) is 4.97. The fraction of sp³-hybridized carbons (Fsp3) is 0.588. The van der Waals surface area contributed by atoms with E-state index in [1.54, 1.807) is 0 Å². The van der Waals surface area contributed by atoms with Crippen LogP contribution >= 0.6 is 0 Å². The summed E-state index contributed by atoms with van der Waals surface area (Å²) in [5, 5.41) is 3.37. The minimum Gasteiger partial charge on any atom is -0.373 e. The monoisotopic (exact) mass is 287 g/mol. The Morgan fingerprint density at radius 1 is 1.33 bits per heavy atom. The normalized spacial score (nSPS) is 22.7. The predicted octanol–water partition coefficient (Wildman–Crippen LogP) is 1.97. The summed E-state index contributed by atoms with van der Waals surface area (Å²) in [6.45, 7) is 5.53. The molecule has 0 aliphatic carbocycles. The van der Waals surface area contributed by atoms with Crippen LogP contribution in [0, 0.1) is 0 Å². The first kappa shape index (κ1) is 14.4. The molecule has 114 valence electrons. The van der Waals surface area contributed by atoms with Gasteiger partial charge in [-0.2, -0.15) is 0 Å². The Hall–Kier alpha value is -1.55. The summed E-state index contributed by atoms with van der Waals surface area (Å²) in [6.07, 6.45) is 3.00. The second-order valence-electron chi connectivity index (χ2n) is 6.17. The molecule has 0 saturated carbocycles. The van der Waals surface area contributed by atoms with Gasteiger partial charge in [0.05, 0.1) is 0 Å². The SMILES string of the molecule is CCN1CCC(N(C)C(=O)[C@@H]2Cc3ccccc3N2)CC1. The van der Waals surface area contributed by atoms with Crippen LogP contribution in [-0.2, 0) is 11.2 Å². The molecule has 4 heteroatoms. The van der Waals surface area contributed by atoms with Gasteiger partial charge in [-0.05, 0) is 31.0 Å². The lowest BCUT2D eigenvalue weighted by Crippen LogP contribution is -2.49. The maximum Gasteiger partial charge on any atom is 0.245 e. The van der Waals surface area contributed by atoms with Gasteiger partial charge in [-0.3, -0.25) is 4.79 Å². The highest BCUT2D eigenvalue weighted by Gasteiger charge is 2.32. The highest BCUT2D eigenvalue weighted by molar-refractivity contribution is 5.87. The van der Waals surface area contributed by atoms with E-state index in [0.717, 1.165) is 44.6 Å². The predicted molar refractivity (Wildman–Crippen MR) is 85.5 cm³/mol. The van der Waals surface area contributed by atoms with Gasteiger partial charge in [0.2, 0.25) is 5.91 Å². The van der Waals surface area contributed by atoms with Crippen LogP contribution in [0.5, 0.6) is 0 Å². The minimum atomic E-state index is -0.0865. The Bertz CT molecular complexity index is 484. The largest absolute Gasteiger partial charge is 0.373 e. The molecule has 0 bridgehead atoms. The number of likely N-dealkylation sites (tertiary alicyclic amines) is 1. The summed E-state index contributed by atoms with van der Waals surface area (Å²) in [5.41, 5.74) is 2.37. The highest BCUT2D eigenvalue weighted by Crippen LogP contribution is 2.27. The van der Waals surface area contributed by atoms with Gasteiger partial charge in [0.15, 0.2) is 0 Å². The zero-order valence-corrected chi connectivity index (χ0v) is 13.0. The molecule has 1 fully saturated rings. The van der Waals surface area contributed by atoms with E-state index < -0.39 is 0 Å². The fourth-order valence-electron chi connectivity index (χ4n) is 3.50. The first-order chi connectivity index (χ1) is 10.2. The number of likely N-dealkylation sites (N-methyl/N-ethyl adjacent to an activating group) is 1. The molecule has 2 heterocycles. The Morgan fingerprint density at radius 2 is 2.05 bits per heavy atom. The van der Waals surface area contributed by atoms with Gasteiger partial charge in [0, 0.05) is 38.3 Å². The van der Waals surface area contributed by atoms with E-state index in [-0.39, 0.29) is 11.9 Å². The summed E-state index contributed by atoms with van der Waals surface area (Å²) < 4.78 is 0. The lowest BCUT2D eigenvalue weighted by atomic mass is 10.0. The van der Waals surface area contributed by atoms with Crippen molar-refractivity contribution in [2.45, 2.75) is 38.3 Å². The first-order valence-electron chi connectivity index (χ1n) is 8.02. The van der Waals surface area contributed by atoms with Crippen molar-refractivity contribution in [2.24, 2.45) is 0 Å². The van der Waals surface area contributed by atoms with Crippen LogP contribution in [0.2, 0.25) is 0 Å². The molecule has 3 rings (SSSR count). The number of piperidine rings is 1. The number of amides is 1. The van der Waals surface area contributed by atoms with Crippen molar-refractivity contribution < 1.29 is 4.79 Å². The van der Waals surface area contributed by atoms with Crippen molar-refractivity contribution in [3.05, 3.63) is 29.8 Å². The van der Waals surface area contributed by atoms with Crippen molar-refractivity contribution in [3.63, 3.8) is 0 Å². The number of nitrogens with one attached hydrogen (secondary N) is 1. The molecule has 1 aromatic carbocycles. The summed E-state index contributed by atoms with van der Waals surface area (Å²) in [4.78, 5) is 17.2. The zero-order valence-electron chi connectivity index (χ0n) is 13.0. The standard InChI is InChI=1S/C17H25N3O/c1-3-20-10-8-14(9-11-20)19(2)17(21)16-12-13-6-4-5-7-15(13)18-16/h4-7,14,16,18H,3,8-12H2,1-2H3/t16-/m0/s1. The molecule has 1 aromatic rings. The van der Waals surface area contributed by atoms with Crippen molar-refractivity contribution in [3.8, 4) is 0 Å². The van der Waals surface area contributed by atoms with E-state index >= 15 is 0 Å². The molecule has 0 unspecified atom stereocenters. The Morgan fingerprint density at radius 3 is 2.71 bits per heavy atom. The Labute approximate surface area is 127 Å². The second-order valence-corrected chi connectivity index (χ2v) is 6.17. The van der Waals surface area contributed by atoms with E-state index in [4.69, 9.17) is 0 Å². The molecule has 0 aromatic heterocycles. The van der Waals surface area contributed by atoms with Crippen LogP contribution in [0.1, 0.15) is 25.3 Å². The molecule has 1 amide bonds. The molecule has 4 nitrogen and oxygen atoms in total. The van der Waals surface area contributed by atoms with Gasteiger partial charge in [-0.15, -0.1) is 0 Å². The number of para-hydroxylation sites is 1. The van der Waals surface area contributed by atoms with Gasteiger partial charge in [0.25, 0.3) is 0 Å². The number of carbonyl (C=O) groups is 1. The van der Waals surface area contributed by atoms with Crippen LogP contribution in [0.15, 0.2) is 24.3 Å². The van der Waals surface area contributed by atoms with Crippen molar-refractivity contribution in [2.75, 3.05) is 32.0 Å². The quantitative estimate of drug-likeness (QED) is 0.923.